The Labute approximate surface area is 171 Å². The van der Waals surface area contributed by atoms with Gasteiger partial charge in [-0.15, -0.1) is 11.3 Å². The second-order valence-electron chi connectivity index (χ2n) is 6.42. The smallest absolute Gasteiger partial charge is 0.270 e. The van der Waals surface area contributed by atoms with Crippen LogP contribution in [-0.4, -0.2) is 29.5 Å². The van der Waals surface area contributed by atoms with Gasteiger partial charge in [0.05, 0.1) is 20.8 Å². The lowest BCUT2D eigenvalue weighted by atomic mass is 10.1. The van der Waals surface area contributed by atoms with Gasteiger partial charge in [0.25, 0.3) is 11.6 Å². The van der Waals surface area contributed by atoms with E-state index in [-0.39, 0.29) is 10.6 Å². The van der Waals surface area contributed by atoms with Gasteiger partial charge >= 0.3 is 0 Å². The maximum atomic E-state index is 12.4. The molecule has 0 radical (unpaired) electrons. The summed E-state index contributed by atoms with van der Waals surface area (Å²) >= 11 is 1.18. The van der Waals surface area contributed by atoms with Crippen LogP contribution in [0, 0.1) is 10.1 Å². The van der Waals surface area contributed by atoms with Crippen molar-refractivity contribution < 1.29 is 18.1 Å². The Morgan fingerprint density at radius 2 is 1.86 bits per heavy atom. The molecule has 3 rings (SSSR count). The van der Waals surface area contributed by atoms with Gasteiger partial charge in [-0.1, -0.05) is 12.1 Å². The summed E-state index contributed by atoms with van der Waals surface area (Å²) in [5, 5.41) is 15.0. The summed E-state index contributed by atoms with van der Waals surface area (Å²) in [5.74, 6) is -0.432. The van der Waals surface area contributed by atoms with E-state index >= 15 is 0 Å². The number of anilines is 1. The van der Waals surface area contributed by atoms with Crippen LogP contribution < -0.4 is 5.32 Å². The molecule has 0 unspecified atom stereocenters. The predicted octanol–water partition coefficient (Wildman–Crippen LogP) is 4.15. The first-order valence-corrected chi connectivity index (χ1v) is 11.0. The lowest BCUT2D eigenvalue weighted by molar-refractivity contribution is -0.384. The van der Waals surface area contributed by atoms with Crippen molar-refractivity contribution in [2.45, 2.75) is 24.0 Å². The molecule has 0 saturated carbocycles. The molecule has 10 heteroatoms. The number of nitro benzene ring substituents is 1. The number of sulfone groups is 1. The van der Waals surface area contributed by atoms with E-state index in [2.05, 4.69) is 10.3 Å². The van der Waals surface area contributed by atoms with E-state index in [4.69, 9.17) is 0 Å². The standard InChI is InChI=1S/C19H17N3O5S2/c1-12(2)29(26,27)16-8-6-13(7-9-16)18(23)21-19-20-17(11-28-19)14-4-3-5-15(10-14)22(24)25/h3-12H,1-2H3,(H,20,21,23). The molecule has 0 fully saturated rings. The number of rotatable bonds is 6. The summed E-state index contributed by atoms with van der Waals surface area (Å²) in [7, 11) is -3.41. The molecule has 0 aliphatic carbocycles. The molecule has 1 amide bonds. The third-order valence-electron chi connectivity index (χ3n) is 4.14. The second-order valence-corrected chi connectivity index (χ2v) is 9.78. The van der Waals surface area contributed by atoms with E-state index in [1.807, 2.05) is 0 Å². The van der Waals surface area contributed by atoms with Crippen molar-refractivity contribution in [3.05, 3.63) is 69.6 Å². The average molecular weight is 431 g/mol. The summed E-state index contributed by atoms with van der Waals surface area (Å²) in [6.07, 6.45) is 0. The van der Waals surface area contributed by atoms with Gasteiger partial charge in [0.1, 0.15) is 0 Å². The molecule has 2 aromatic carbocycles. The van der Waals surface area contributed by atoms with Crippen molar-refractivity contribution >= 4 is 37.9 Å². The number of hydrogen-bond donors (Lipinski definition) is 1. The Bertz CT molecular complexity index is 1170. The highest BCUT2D eigenvalue weighted by Crippen LogP contribution is 2.27. The number of aromatic nitrogens is 1. The lowest BCUT2D eigenvalue weighted by Crippen LogP contribution is -2.15. The van der Waals surface area contributed by atoms with E-state index < -0.39 is 25.9 Å². The number of nitrogens with one attached hydrogen (secondary N) is 1. The lowest BCUT2D eigenvalue weighted by Gasteiger charge is -2.08. The minimum absolute atomic E-state index is 0.0440. The number of non-ortho nitro benzene ring substituents is 1. The maximum absolute atomic E-state index is 12.4. The zero-order chi connectivity index (χ0) is 21.2. The number of nitrogens with zero attached hydrogens (tertiary/aromatic N) is 2. The number of thiazole rings is 1. The molecule has 0 saturated heterocycles. The van der Waals surface area contributed by atoms with E-state index in [0.29, 0.717) is 22.0 Å². The largest absolute Gasteiger partial charge is 0.298 e. The van der Waals surface area contributed by atoms with Crippen LogP contribution in [0.25, 0.3) is 11.3 Å². The SMILES string of the molecule is CC(C)S(=O)(=O)c1ccc(C(=O)Nc2nc(-c3cccc([N+](=O)[O-])c3)cs2)cc1. The Balaban J connectivity index is 1.75. The van der Waals surface area contributed by atoms with Gasteiger partial charge in [0.2, 0.25) is 0 Å². The highest BCUT2D eigenvalue weighted by atomic mass is 32.2. The Hall–Kier alpha value is -3.11. The molecule has 0 atom stereocenters. The third kappa shape index (κ3) is 4.49. The van der Waals surface area contributed by atoms with Gasteiger partial charge < -0.3 is 0 Å². The Morgan fingerprint density at radius 1 is 1.17 bits per heavy atom. The highest BCUT2D eigenvalue weighted by molar-refractivity contribution is 7.92. The molecule has 1 N–H and O–H groups in total. The fraction of sp³-hybridized carbons (Fsp3) is 0.158. The second kappa shape index (κ2) is 8.10. The van der Waals surface area contributed by atoms with E-state index in [1.165, 1.54) is 47.7 Å². The van der Waals surface area contributed by atoms with Crippen molar-refractivity contribution in [3.63, 3.8) is 0 Å². The van der Waals surface area contributed by atoms with Crippen LogP contribution in [0.1, 0.15) is 24.2 Å². The minimum atomic E-state index is -3.41. The molecule has 0 aliphatic rings. The molecule has 0 aliphatic heterocycles. The number of carbonyl (C=O) groups is 1. The molecule has 1 heterocycles. The molecule has 1 aromatic heterocycles. The van der Waals surface area contributed by atoms with E-state index in [9.17, 15) is 23.3 Å². The zero-order valence-electron chi connectivity index (χ0n) is 15.5. The third-order valence-corrected chi connectivity index (χ3v) is 7.07. The van der Waals surface area contributed by atoms with Crippen LogP contribution in [0.4, 0.5) is 10.8 Å². The van der Waals surface area contributed by atoms with Crippen LogP contribution in [0.3, 0.4) is 0 Å². The van der Waals surface area contributed by atoms with Crippen LogP contribution >= 0.6 is 11.3 Å². The van der Waals surface area contributed by atoms with Gasteiger partial charge in [-0.3, -0.25) is 20.2 Å². The summed E-state index contributed by atoms with van der Waals surface area (Å²) < 4.78 is 24.3. The first kappa shape index (κ1) is 20.6. The van der Waals surface area contributed by atoms with Crippen molar-refractivity contribution in [1.82, 2.24) is 4.98 Å². The number of hydrogen-bond acceptors (Lipinski definition) is 7. The van der Waals surface area contributed by atoms with Crippen LogP contribution in [0.5, 0.6) is 0 Å². The molecular weight excluding hydrogens is 414 g/mol. The van der Waals surface area contributed by atoms with E-state index in [1.54, 1.807) is 31.4 Å². The Kier molecular flexibility index (Phi) is 5.76. The summed E-state index contributed by atoms with van der Waals surface area (Å²) in [5.41, 5.74) is 1.32. The van der Waals surface area contributed by atoms with Crippen molar-refractivity contribution in [1.29, 1.82) is 0 Å². The topological polar surface area (TPSA) is 119 Å². The number of carbonyl (C=O) groups excluding carboxylic acids is 1. The van der Waals surface area contributed by atoms with Gasteiger partial charge in [-0.2, -0.15) is 0 Å². The van der Waals surface area contributed by atoms with Gasteiger partial charge in [-0.05, 0) is 38.1 Å². The predicted molar refractivity (Wildman–Crippen MR) is 111 cm³/mol. The normalized spacial score (nSPS) is 11.4. The molecule has 0 spiro atoms. The first-order valence-electron chi connectivity index (χ1n) is 8.54. The van der Waals surface area contributed by atoms with Gasteiger partial charge in [-0.25, -0.2) is 13.4 Å². The van der Waals surface area contributed by atoms with Crippen molar-refractivity contribution in [2.24, 2.45) is 0 Å². The summed E-state index contributed by atoms with van der Waals surface area (Å²) in [6.45, 7) is 3.19. The molecule has 150 valence electrons. The van der Waals surface area contributed by atoms with Gasteiger partial charge in [0, 0.05) is 28.6 Å². The number of nitro groups is 1. The Morgan fingerprint density at radius 3 is 2.48 bits per heavy atom. The van der Waals surface area contributed by atoms with Crippen molar-refractivity contribution in [3.8, 4) is 11.3 Å². The molecule has 29 heavy (non-hydrogen) atoms. The molecule has 3 aromatic rings. The van der Waals surface area contributed by atoms with Crippen molar-refractivity contribution in [2.75, 3.05) is 5.32 Å². The van der Waals surface area contributed by atoms with Crippen LogP contribution in [-0.2, 0) is 9.84 Å². The highest BCUT2D eigenvalue weighted by Gasteiger charge is 2.19. The van der Waals surface area contributed by atoms with Gasteiger partial charge in [0.15, 0.2) is 15.0 Å². The average Bonchev–Trinajstić information content (AvgIpc) is 3.16. The molecular formula is C19H17N3O5S2. The molecule has 8 nitrogen and oxygen atoms in total. The summed E-state index contributed by atoms with van der Waals surface area (Å²) in [6, 6.07) is 11.8. The monoisotopic (exact) mass is 431 g/mol. The molecule has 0 bridgehead atoms. The fourth-order valence-corrected chi connectivity index (χ4v) is 4.25. The maximum Gasteiger partial charge on any atom is 0.270 e. The number of amides is 1. The van der Waals surface area contributed by atoms with Crippen LogP contribution in [0.15, 0.2) is 58.8 Å². The first-order chi connectivity index (χ1) is 13.7. The zero-order valence-corrected chi connectivity index (χ0v) is 17.2. The van der Waals surface area contributed by atoms with E-state index in [0.717, 1.165) is 0 Å². The fourth-order valence-electron chi connectivity index (χ4n) is 2.48. The number of benzene rings is 2. The quantitative estimate of drug-likeness (QED) is 0.462. The van der Waals surface area contributed by atoms with Crippen LogP contribution in [0.2, 0.25) is 0 Å². The minimum Gasteiger partial charge on any atom is -0.298 e. The summed E-state index contributed by atoms with van der Waals surface area (Å²) in [4.78, 5) is 27.3.